The minimum Gasteiger partial charge on any atom is -0.397 e. The number of anilines is 3. The van der Waals surface area contributed by atoms with Crippen molar-refractivity contribution in [2.24, 2.45) is 0 Å². The molecule has 17 heavy (non-hydrogen) atoms. The maximum Gasteiger partial charge on any atom is 0.0604 e. The molecule has 0 radical (unpaired) electrons. The zero-order valence-corrected chi connectivity index (χ0v) is 10.6. The lowest BCUT2D eigenvalue weighted by Gasteiger charge is -2.17. The van der Waals surface area contributed by atoms with Crippen LogP contribution in [0.25, 0.3) is 0 Å². The van der Waals surface area contributed by atoms with E-state index in [1.165, 1.54) is 4.88 Å². The molecule has 2 aromatic rings. The van der Waals surface area contributed by atoms with E-state index in [9.17, 15) is 0 Å². The van der Waals surface area contributed by atoms with Crippen molar-refractivity contribution in [3.63, 3.8) is 0 Å². The van der Waals surface area contributed by atoms with Crippen molar-refractivity contribution >= 4 is 28.4 Å². The van der Waals surface area contributed by atoms with Crippen molar-refractivity contribution in [3.8, 4) is 0 Å². The lowest BCUT2D eigenvalue weighted by Crippen LogP contribution is -2.08. The van der Waals surface area contributed by atoms with E-state index in [0.717, 1.165) is 12.1 Å². The molecule has 0 amide bonds. The van der Waals surface area contributed by atoms with Gasteiger partial charge >= 0.3 is 0 Å². The van der Waals surface area contributed by atoms with Gasteiger partial charge < -0.3 is 16.8 Å². The van der Waals surface area contributed by atoms with Gasteiger partial charge in [0.15, 0.2) is 0 Å². The van der Waals surface area contributed by atoms with Crippen LogP contribution < -0.4 is 16.8 Å². The van der Waals surface area contributed by atoms with Crippen LogP contribution in [0.1, 0.15) is 24.3 Å². The van der Waals surface area contributed by atoms with Gasteiger partial charge in [0.05, 0.1) is 17.4 Å². The zero-order valence-electron chi connectivity index (χ0n) is 9.81. The molecule has 3 nitrogen and oxygen atoms in total. The van der Waals surface area contributed by atoms with Gasteiger partial charge in [-0.05, 0) is 36.1 Å². The van der Waals surface area contributed by atoms with Crippen LogP contribution in [-0.2, 0) is 0 Å². The molecule has 2 rings (SSSR count). The first-order valence-corrected chi connectivity index (χ1v) is 6.53. The third-order valence-corrected chi connectivity index (χ3v) is 3.71. The largest absolute Gasteiger partial charge is 0.397 e. The quantitative estimate of drug-likeness (QED) is 0.725. The van der Waals surface area contributed by atoms with E-state index in [4.69, 9.17) is 11.5 Å². The summed E-state index contributed by atoms with van der Waals surface area (Å²) in [5.74, 6) is 0. The van der Waals surface area contributed by atoms with Gasteiger partial charge in [0.2, 0.25) is 0 Å². The molecule has 0 bridgehead atoms. The molecule has 1 heterocycles. The van der Waals surface area contributed by atoms with Gasteiger partial charge in [-0.1, -0.05) is 13.0 Å². The van der Waals surface area contributed by atoms with E-state index in [2.05, 4.69) is 29.8 Å². The fourth-order valence-electron chi connectivity index (χ4n) is 1.73. The Morgan fingerprint density at radius 3 is 2.65 bits per heavy atom. The Bertz CT molecular complexity index is 479. The highest BCUT2D eigenvalue weighted by Crippen LogP contribution is 2.28. The minimum atomic E-state index is 0.332. The molecule has 0 spiro atoms. The molecule has 0 aliphatic heterocycles. The van der Waals surface area contributed by atoms with Crippen molar-refractivity contribution in [1.82, 2.24) is 0 Å². The summed E-state index contributed by atoms with van der Waals surface area (Å²) in [5.41, 5.74) is 13.7. The van der Waals surface area contributed by atoms with Gasteiger partial charge in [0.1, 0.15) is 0 Å². The molecule has 1 atom stereocenters. The van der Waals surface area contributed by atoms with Crippen LogP contribution in [0, 0.1) is 0 Å². The highest BCUT2D eigenvalue weighted by atomic mass is 32.1. The first kappa shape index (κ1) is 11.8. The molecule has 1 aromatic heterocycles. The molecule has 1 unspecified atom stereocenters. The summed E-state index contributed by atoms with van der Waals surface area (Å²) in [6.07, 6.45) is 1.03. The summed E-state index contributed by atoms with van der Waals surface area (Å²) in [5, 5.41) is 5.57. The average Bonchev–Trinajstić information content (AvgIpc) is 2.84. The second-order valence-corrected chi connectivity index (χ2v) is 4.94. The number of rotatable bonds is 4. The lowest BCUT2D eigenvalue weighted by atomic mass is 10.1. The van der Waals surface area contributed by atoms with E-state index in [1.807, 2.05) is 18.2 Å². The van der Waals surface area contributed by atoms with E-state index in [1.54, 1.807) is 11.3 Å². The van der Waals surface area contributed by atoms with Crippen LogP contribution in [0.4, 0.5) is 17.1 Å². The summed E-state index contributed by atoms with van der Waals surface area (Å²) >= 11 is 1.76. The van der Waals surface area contributed by atoms with Gasteiger partial charge in [0.25, 0.3) is 0 Å². The maximum atomic E-state index is 5.79. The summed E-state index contributed by atoms with van der Waals surface area (Å²) in [7, 11) is 0. The van der Waals surface area contributed by atoms with Crippen molar-refractivity contribution in [1.29, 1.82) is 0 Å². The number of nitrogens with one attached hydrogen (secondary N) is 1. The van der Waals surface area contributed by atoms with E-state index < -0.39 is 0 Å². The second kappa shape index (κ2) is 5.10. The second-order valence-electron chi connectivity index (χ2n) is 3.96. The Morgan fingerprint density at radius 1 is 1.24 bits per heavy atom. The number of hydrogen-bond donors (Lipinski definition) is 3. The topological polar surface area (TPSA) is 64.1 Å². The smallest absolute Gasteiger partial charge is 0.0604 e. The Morgan fingerprint density at radius 2 is 2.06 bits per heavy atom. The van der Waals surface area contributed by atoms with E-state index >= 15 is 0 Å². The van der Waals surface area contributed by atoms with Crippen LogP contribution in [0.2, 0.25) is 0 Å². The molecule has 0 aliphatic carbocycles. The average molecular weight is 247 g/mol. The molecular weight excluding hydrogens is 230 g/mol. The number of benzene rings is 1. The Hall–Kier alpha value is -1.68. The molecule has 0 fully saturated rings. The molecule has 0 saturated heterocycles. The van der Waals surface area contributed by atoms with Crippen molar-refractivity contribution < 1.29 is 0 Å². The van der Waals surface area contributed by atoms with Gasteiger partial charge in [-0.25, -0.2) is 0 Å². The van der Waals surface area contributed by atoms with Gasteiger partial charge in [-0.3, -0.25) is 0 Å². The van der Waals surface area contributed by atoms with E-state index in [0.29, 0.717) is 17.4 Å². The third-order valence-electron chi connectivity index (χ3n) is 2.72. The summed E-state index contributed by atoms with van der Waals surface area (Å²) in [6.45, 7) is 2.16. The predicted octanol–water partition coefficient (Wildman–Crippen LogP) is 3.48. The molecule has 90 valence electrons. The van der Waals surface area contributed by atoms with Gasteiger partial charge in [-0.2, -0.15) is 0 Å². The lowest BCUT2D eigenvalue weighted by molar-refractivity contribution is 0.764. The molecule has 1 aromatic carbocycles. The normalized spacial score (nSPS) is 12.3. The van der Waals surface area contributed by atoms with Gasteiger partial charge in [-0.15, -0.1) is 11.3 Å². The summed E-state index contributed by atoms with van der Waals surface area (Å²) < 4.78 is 0. The first-order valence-electron chi connectivity index (χ1n) is 5.65. The molecule has 5 N–H and O–H groups in total. The van der Waals surface area contributed by atoms with Crippen LogP contribution >= 0.6 is 11.3 Å². The Labute approximate surface area is 105 Å². The van der Waals surface area contributed by atoms with Crippen molar-refractivity contribution in [2.75, 3.05) is 16.8 Å². The van der Waals surface area contributed by atoms with Crippen LogP contribution in [0.3, 0.4) is 0 Å². The Kier molecular flexibility index (Phi) is 3.54. The maximum absolute atomic E-state index is 5.79. The minimum absolute atomic E-state index is 0.332. The summed E-state index contributed by atoms with van der Waals surface area (Å²) in [4.78, 5) is 1.34. The summed E-state index contributed by atoms with van der Waals surface area (Å²) in [6, 6.07) is 10.2. The fourth-order valence-corrected chi connectivity index (χ4v) is 2.59. The third kappa shape index (κ3) is 2.71. The number of nitrogen functional groups attached to an aromatic ring is 2. The molecule has 4 heteroatoms. The zero-order chi connectivity index (χ0) is 12.3. The molecule has 0 aliphatic rings. The SMILES string of the molecule is CCC(Nc1ccc(N)c(N)c1)c1cccs1. The van der Waals surface area contributed by atoms with Gasteiger partial charge in [0, 0.05) is 10.6 Å². The fraction of sp³-hybridized carbons (Fsp3) is 0.231. The highest BCUT2D eigenvalue weighted by Gasteiger charge is 2.10. The van der Waals surface area contributed by atoms with Crippen LogP contribution in [-0.4, -0.2) is 0 Å². The predicted molar refractivity (Wildman–Crippen MR) is 76.2 cm³/mol. The number of nitrogens with two attached hydrogens (primary N) is 2. The standard InChI is InChI=1S/C13H17N3S/c1-2-12(13-4-3-7-17-13)16-9-5-6-10(14)11(15)8-9/h3-8,12,16H,2,14-15H2,1H3. The monoisotopic (exact) mass is 247 g/mol. The van der Waals surface area contributed by atoms with Crippen LogP contribution in [0.15, 0.2) is 35.7 Å². The van der Waals surface area contributed by atoms with Crippen molar-refractivity contribution in [3.05, 3.63) is 40.6 Å². The highest BCUT2D eigenvalue weighted by molar-refractivity contribution is 7.10. The Balaban J connectivity index is 2.16. The van der Waals surface area contributed by atoms with Crippen molar-refractivity contribution in [2.45, 2.75) is 19.4 Å². The van der Waals surface area contributed by atoms with Crippen LogP contribution in [0.5, 0.6) is 0 Å². The van der Waals surface area contributed by atoms with E-state index in [-0.39, 0.29) is 0 Å². The molecular formula is C13H17N3S. The number of thiophene rings is 1. The number of hydrogen-bond acceptors (Lipinski definition) is 4. The molecule has 0 saturated carbocycles. The first-order chi connectivity index (χ1) is 8.20.